The van der Waals surface area contributed by atoms with Gasteiger partial charge < -0.3 is 14.8 Å². The molecule has 2 fully saturated rings. The number of para-hydroxylation sites is 1. The SMILES string of the molecule is O=C(NC1CCCCC1)c1ccccc1OCC1CCCO1. The molecule has 0 radical (unpaired) electrons. The molecule has 22 heavy (non-hydrogen) atoms. The summed E-state index contributed by atoms with van der Waals surface area (Å²) < 4.78 is 11.4. The van der Waals surface area contributed by atoms with Crippen LogP contribution in [0.3, 0.4) is 0 Å². The number of nitrogens with one attached hydrogen (secondary N) is 1. The molecule has 1 unspecified atom stereocenters. The van der Waals surface area contributed by atoms with Gasteiger partial charge >= 0.3 is 0 Å². The molecular formula is C18H25NO3. The first-order chi connectivity index (χ1) is 10.8. The summed E-state index contributed by atoms with van der Waals surface area (Å²) in [6, 6.07) is 7.80. The van der Waals surface area contributed by atoms with Gasteiger partial charge in [-0.25, -0.2) is 0 Å². The molecular weight excluding hydrogens is 278 g/mol. The van der Waals surface area contributed by atoms with Crippen molar-refractivity contribution < 1.29 is 14.3 Å². The highest BCUT2D eigenvalue weighted by Crippen LogP contribution is 2.22. The number of hydrogen-bond acceptors (Lipinski definition) is 3. The molecule has 1 aromatic carbocycles. The molecule has 1 aliphatic heterocycles. The second-order valence-corrected chi connectivity index (χ2v) is 6.25. The molecule has 120 valence electrons. The summed E-state index contributed by atoms with van der Waals surface area (Å²) in [5.41, 5.74) is 0.631. The highest BCUT2D eigenvalue weighted by Gasteiger charge is 2.20. The van der Waals surface area contributed by atoms with Crippen molar-refractivity contribution in [1.82, 2.24) is 5.32 Å². The predicted octanol–water partition coefficient (Wildman–Crippen LogP) is 3.31. The third-order valence-electron chi connectivity index (χ3n) is 4.52. The van der Waals surface area contributed by atoms with Crippen LogP contribution in [0.2, 0.25) is 0 Å². The normalized spacial score (nSPS) is 22.5. The van der Waals surface area contributed by atoms with E-state index in [1.807, 2.05) is 24.3 Å². The summed E-state index contributed by atoms with van der Waals surface area (Å²) in [5.74, 6) is 0.640. The third kappa shape index (κ3) is 4.01. The van der Waals surface area contributed by atoms with E-state index in [9.17, 15) is 4.79 Å². The molecule has 4 nitrogen and oxygen atoms in total. The van der Waals surface area contributed by atoms with Crippen LogP contribution in [0.1, 0.15) is 55.3 Å². The molecule has 1 aliphatic carbocycles. The lowest BCUT2D eigenvalue weighted by Crippen LogP contribution is -2.36. The number of carbonyl (C=O) groups is 1. The van der Waals surface area contributed by atoms with Crippen LogP contribution in [0, 0.1) is 0 Å². The van der Waals surface area contributed by atoms with Crippen LogP contribution in [0.25, 0.3) is 0 Å². The van der Waals surface area contributed by atoms with Crippen molar-refractivity contribution >= 4 is 5.91 Å². The van der Waals surface area contributed by atoms with Crippen molar-refractivity contribution in [2.24, 2.45) is 0 Å². The van der Waals surface area contributed by atoms with Gasteiger partial charge in [0.05, 0.1) is 11.7 Å². The molecule has 1 atom stereocenters. The first kappa shape index (κ1) is 15.3. The second-order valence-electron chi connectivity index (χ2n) is 6.25. The molecule has 0 bridgehead atoms. The van der Waals surface area contributed by atoms with Crippen molar-refractivity contribution in [2.45, 2.75) is 57.1 Å². The highest BCUT2D eigenvalue weighted by atomic mass is 16.5. The minimum absolute atomic E-state index is 0.0187. The maximum Gasteiger partial charge on any atom is 0.255 e. The van der Waals surface area contributed by atoms with E-state index in [0.29, 0.717) is 24.0 Å². The van der Waals surface area contributed by atoms with Crippen molar-refractivity contribution in [2.75, 3.05) is 13.2 Å². The van der Waals surface area contributed by atoms with Gasteiger partial charge in [-0.05, 0) is 37.8 Å². The molecule has 1 amide bonds. The van der Waals surface area contributed by atoms with Crippen LogP contribution < -0.4 is 10.1 Å². The fraction of sp³-hybridized carbons (Fsp3) is 0.611. The zero-order valence-corrected chi connectivity index (χ0v) is 13.1. The van der Waals surface area contributed by atoms with Crippen LogP contribution >= 0.6 is 0 Å². The molecule has 0 spiro atoms. The van der Waals surface area contributed by atoms with Gasteiger partial charge in [-0.1, -0.05) is 31.4 Å². The largest absolute Gasteiger partial charge is 0.490 e. The Hall–Kier alpha value is -1.55. The maximum atomic E-state index is 12.5. The van der Waals surface area contributed by atoms with E-state index in [-0.39, 0.29) is 12.0 Å². The zero-order valence-electron chi connectivity index (χ0n) is 13.1. The summed E-state index contributed by atoms with van der Waals surface area (Å²) in [6.45, 7) is 1.34. The van der Waals surface area contributed by atoms with Crippen molar-refractivity contribution in [3.8, 4) is 5.75 Å². The van der Waals surface area contributed by atoms with Gasteiger partial charge in [0, 0.05) is 12.6 Å². The third-order valence-corrected chi connectivity index (χ3v) is 4.52. The lowest BCUT2D eigenvalue weighted by Gasteiger charge is -2.23. The maximum absolute atomic E-state index is 12.5. The van der Waals surface area contributed by atoms with E-state index in [2.05, 4.69) is 5.32 Å². The number of ether oxygens (including phenoxy) is 2. The standard InChI is InChI=1S/C18H25NO3/c20-18(19-14-7-2-1-3-8-14)16-10-4-5-11-17(16)22-13-15-9-6-12-21-15/h4-5,10-11,14-15H,1-3,6-9,12-13H2,(H,19,20). The Morgan fingerprint density at radius 3 is 2.73 bits per heavy atom. The van der Waals surface area contributed by atoms with Crippen LogP contribution in [0.5, 0.6) is 5.75 Å². The summed E-state index contributed by atoms with van der Waals surface area (Å²) in [7, 11) is 0. The summed E-state index contributed by atoms with van der Waals surface area (Å²) in [6.07, 6.45) is 8.18. The first-order valence-electron chi connectivity index (χ1n) is 8.47. The second kappa shape index (κ2) is 7.63. The minimum Gasteiger partial charge on any atom is -0.490 e. The van der Waals surface area contributed by atoms with E-state index in [1.165, 1.54) is 19.3 Å². The average molecular weight is 303 g/mol. The summed E-state index contributed by atoms with van der Waals surface area (Å²) >= 11 is 0. The molecule has 1 aromatic rings. The van der Waals surface area contributed by atoms with E-state index in [4.69, 9.17) is 9.47 Å². The monoisotopic (exact) mass is 303 g/mol. The van der Waals surface area contributed by atoms with E-state index in [0.717, 1.165) is 32.3 Å². The van der Waals surface area contributed by atoms with Crippen LogP contribution in [-0.4, -0.2) is 31.3 Å². The van der Waals surface area contributed by atoms with E-state index >= 15 is 0 Å². The van der Waals surface area contributed by atoms with Crippen LogP contribution in [0.4, 0.5) is 0 Å². The molecule has 1 saturated carbocycles. The summed E-state index contributed by atoms with van der Waals surface area (Å²) in [5, 5.41) is 3.15. The number of carbonyl (C=O) groups excluding carboxylic acids is 1. The summed E-state index contributed by atoms with van der Waals surface area (Å²) in [4.78, 5) is 12.5. The van der Waals surface area contributed by atoms with Crippen molar-refractivity contribution in [1.29, 1.82) is 0 Å². The van der Waals surface area contributed by atoms with Gasteiger partial charge in [-0.2, -0.15) is 0 Å². The van der Waals surface area contributed by atoms with Gasteiger partial charge in [0.2, 0.25) is 0 Å². The fourth-order valence-electron chi connectivity index (χ4n) is 3.25. The topological polar surface area (TPSA) is 47.6 Å². The van der Waals surface area contributed by atoms with Crippen LogP contribution in [0.15, 0.2) is 24.3 Å². The van der Waals surface area contributed by atoms with Crippen LogP contribution in [-0.2, 0) is 4.74 Å². The molecule has 1 saturated heterocycles. The molecule has 0 aromatic heterocycles. The lowest BCUT2D eigenvalue weighted by molar-refractivity contribution is 0.0669. The Balaban J connectivity index is 1.60. The lowest BCUT2D eigenvalue weighted by atomic mass is 9.95. The Labute approximate surface area is 132 Å². The molecule has 2 aliphatic rings. The molecule has 3 rings (SSSR count). The van der Waals surface area contributed by atoms with E-state index < -0.39 is 0 Å². The van der Waals surface area contributed by atoms with Gasteiger partial charge in [0.1, 0.15) is 12.4 Å². The van der Waals surface area contributed by atoms with Crippen molar-refractivity contribution in [3.63, 3.8) is 0 Å². The Kier molecular flexibility index (Phi) is 5.33. The molecule has 4 heteroatoms. The fourth-order valence-corrected chi connectivity index (χ4v) is 3.25. The van der Waals surface area contributed by atoms with Gasteiger partial charge in [-0.15, -0.1) is 0 Å². The molecule has 1 N–H and O–H groups in total. The Morgan fingerprint density at radius 1 is 1.14 bits per heavy atom. The van der Waals surface area contributed by atoms with Gasteiger partial charge in [0.15, 0.2) is 0 Å². The highest BCUT2D eigenvalue weighted by molar-refractivity contribution is 5.97. The number of benzene rings is 1. The Bertz CT molecular complexity index is 491. The quantitative estimate of drug-likeness (QED) is 0.908. The van der Waals surface area contributed by atoms with Gasteiger partial charge in [0.25, 0.3) is 5.91 Å². The minimum atomic E-state index is -0.0187. The first-order valence-corrected chi connectivity index (χ1v) is 8.47. The van der Waals surface area contributed by atoms with Crippen molar-refractivity contribution in [3.05, 3.63) is 29.8 Å². The Morgan fingerprint density at radius 2 is 1.95 bits per heavy atom. The van der Waals surface area contributed by atoms with E-state index in [1.54, 1.807) is 0 Å². The smallest absolute Gasteiger partial charge is 0.255 e. The number of rotatable bonds is 5. The average Bonchev–Trinajstić information content (AvgIpc) is 3.07. The predicted molar refractivity (Wildman–Crippen MR) is 85.3 cm³/mol. The van der Waals surface area contributed by atoms with Gasteiger partial charge in [-0.3, -0.25) is 4.79 Å². The zero-order chi connectivity index (χ0) is 15.2. The number of amides is 1. The number of hydrogen-bond donors (Lipinski definition) is 1. The molecule has 1 heterocycles.